The molecule has 1 unspecified atom stereocenters. The highest BCUT2D eigenvalue weighted by atomic mass is 32.1. The Bertz CT molecular complexity index is 1580. The van der Waals surface area contributed by atoms with Gasteiger partial charge in [-0.15, -0.1) is 0 Å². The molecule has 8 heteroatoms. The molecular formula is C28H24N2O5S. The molecule has 2 aromatic carbocycles. The van der Waals surface area contributed by atoms with Crippen LogP contribution >= 0.6 is 11.3 Å². The fourth-order valence-electron chi connectivity index (χ4n) is 4.17. The summed E-state index contributed by atoms with van der Waals surface area (Å²) in [6.07, 6.45) is 3.24. The first-order valence-electron chi connectivity index (χ1n) is 11.7. The number of thiazole rings is 1. The Hall–Kier alpha value is -4.17. The van der Waals surface area contributed by atoms with Crippen molar-refractivity contribution in [1.82, 2.24) is 4.57 Å². The third-order valence-electron chi connectivity index (χ3n) is 5.70. The van der Waals surface area contributed by atoms with Crippen molar-refractivity contribution in [2.24, 2.45) is 4.99 Å². The molecule has 36 heavy (non-hydrogen) atoms. The van der Waals surface area contributed by atoms with Crippen LogP contribution in [-0.4, -0.2) is 23.8 Å². The van der Waals surface area contributed by atoms with Crippen LogP contribution in [0.1, 0.15) is 36.8 Å². The van der Waals surface area contributed by atoms with Gasteiger partial charge in [-0.1, -0.05) is 53.8 Å². The lowest BCUT2D eigenvalue weighted by molar-refractivity contribution is -0.138. The predicted molar refractivity (Wildman–Crippen MR) is 137 cm³/mol. The van der Waals surface area contributed by atoms with Crippen LogP contribution in [0, 0.1) is 0 Å². The van der Waals surface area contributed by atoms with Gasteiger partial charge in [0.2, 0.25) is 0 Å². The Morgan fingerprint density at radius 2 is 1.83 bits per heavy atom. The number of hydrogen-bond donors (Lipinski definition) is 0. The van der Waals surface area contributed by atoms with Crippen LogP contribution in [0.4, 0.5) is 0 Å². The van der Waals surface area contributed by atoms with E-state index >= 15 is 0 Å². The first kappa shape index (κ1) is 23.6. The second kappa shape index (κ2) is 10.2. The summed E-state index contributed by atoms with van der Waals surface area (Å²) in [5, 5.41) is 0. The van der Waals surface area contributed by atoms with Gasteiger partial charge >= 0.3 is 5.97 Å². The van der Waals surface area contributed by atoms with E-state index in [1.54, 1.807) is 36.0 Å². The van der Waals surface area contributed by atoms with Crippen molar-refractivity contribution in [3.63, 3.8) is 0 Å². The van der Waals surface area contributed by atoms with Crippen molar-refractivity contribution in [2.45, 2.75) is 19.9 Å². The predicted octanol–water partition coefficient (Wildman–Crippen LogP) is 3.93. The maximum absolute atomic E-state index is 13.7. The van der Waals surface area contributed by atoms with Crippen LogP contribution < -0.4 is 19.6 Å². The van der Waals surface area contributed by atoms with Gasteiger partial charge in [0.25, 0.3) is 5.56 Å². The van der Waals surface area contributed by atoms with E-state index in [1.807, 2.05) is 61.5 Å². The van der Waals surface area contributed by atoms with E-state index in [9.17, 15) is 9.59 Å². The molecule has 0 fully saturated rings. The molecule has 0 spiro atoms. The zero-order valence-corrected chi connectivity index (χ0v) is 20.7. The minimum Gasteiger partial charge on any atom is -0.494 e. The number of carbonyl (C=O) groups excluding carboxylic acids is 1. The highest BCUT2D eigenvalue weighted by Gasteiger charge is 2.35. The molecule has 2 aromatic heterocycles. The fraction of sp³-hybridized carbons (Fsp3) is 0.179. The maximum Gasteiger partial charge on any atom is 0.338 e. The number of nitrogens with zero attached hydrogens (tertiary/aromatic N) is 2. The van der Waals surface area contributed by atoms with Crippen molar-refractivity contribution in [3.05, 3.63) is 115 Å². The largest absolute Gasteiger partial charge is 0.494 e. The van der Waals surface area contributed by atoms with Gasteiger partial charge in [-0.25, -0.2) is 9.79 Å². The van der Waals surface area contributed by atoms with E-state index in [4.69, 9.17) is 18.9 Å². The van der Waals surface area contributed by atoms with E-state index in [0.717, 1.165) is 11.1 Å². The summed E-state index contributed by atoms with van der Waals surface area (Å²) >= 11 is 1.25. The summed E-state index contributed by atoms with van der Waals surface area (Å²) in [4.78, 5) is 32.4. The molecule has 3 heterocycles. The summed E-state index contributed by atoms with van der Waals surface area (Å²) < 4.78 is 18.5. The van der Waals surface area contributed by atoms with Gasteiger partial charge in [0.15, 0.2) is 4.80 Å². The molecule has 0 saturated heterocycles. The average molecular weight is 501 g/mol. The van der Waals surface area contributed by atoms with Crippen molar-refractivity contribution in [2.75, 3.05) is 13.2 Å². The Labute approximate surface area is 211 Å². The number of carbonyl (C=O) groups is 1. The van der Waals surface area contributed by atoms with Crippen LogP contribution in [0.3, 0.4) is 0 Å². The van der Waals surface area contributed by atoms with Gasteiger partial charge in [-0.3, -0.25) is 9.36 Å². The molecule has 1 atom stereocenters. The molecule has 182 valence electrons. The molecular weight excluding hydrogens is 476 g/mol. The Morgan fingerprint density at radius 3 is 2.50 bits per heavy atom. The van der Waals surface area contributed by atoms with Gasteiger partial charge < -0.3 is 13.9 Å². The standard InChI is InChI=1S/C28H24N2O5S/c1-3-33-20-14-12-19(13-15-20)25-23(27(32)34-4-2)24(18-9-6-5-7-10-18)29-28-30(25)26(31)22(36-28)17-21-11-8-16-35-21/h5-17,25H,3-4H2,1-2H3. The van der Waals surface area contributed by atoms with E-state index in [0.29, 0.717) is 38.7 Å². The quantitative estimate of drug-likeness (QED) is 0.359. The third kappa shape index (κ3) is 4.43. The summed E-state index contributed by atoms with van der Waals surface area (Å²) in [5.74, 6) is 0.751. The van der Waals surface area contributed by atoms with Gasteiger partial charge in [0.05, 0.1) is 41.3 Å². The number of esters is 1. The summed E-state index contributed by atoms with van der Waals surface area (Å²) in [6.45, 7) is 4.40. The fourth-order valence-corrected chi connectivity index (χ4v) is 5.15. The minimum absolute atomic E-state index is 0.198. The van der Waals surface area contributed by atoms with E-state index in [2.05, 4.69) is 0 Å². The lowest BCUT2D eigenvalue weighted by Crippen LogP contribution is -2.40. The summed E-state index contributed by atoms with van der Waals surface area (Å²) in [5.41, 5.74) is 2.04. The van der Waals surface area contributed by atoms with Crippen LogP contribution in [0.2, 0.25) is 0 Å². The molecule has 1 aliphatic heterocycles. The van der Waals surface area contributed by atoms with Crippen molar-refractivity contribution >= 4 is 29.1 Å². The van der Waals surface area contributed by atoms with Crippen LogP contribution in [-0.2, 0) is 9.53 Å². The van der Waals surface area contributed by atoms with Gasteiger partial charge in [0.1, 0.15) is 11.5 Å². The van der Waals surface area contributed by atoms with Gasteiger partial charge in [0, 0.05) is 11.6 Å². The van der Waals surface area contributed by atoms with Gasteiger partial charge in [-0.2, -0.15) is 0 Å². The SMILES string of the molecule is CCOC(=O)C1=C(c2ccccc2)N=c2sc(=Cc3ccco3)c(=O)n2C1c1ccc(OCC)cc1. The summed E-state index contributed by atoms with van der Waals surface area (Å²) in [6, 6.07) is 19.7. The van der Waals surface area contributed by atoms with Crippen molar-refractivity contribution in [3.8, 4) is 5.75 Å². The number of rotatable bonds is 7. The van der Waals surface area contributed by atoms with E-state index in [-0.39, 0.29) is 12.2 Å². The monoisotopic (exact) mass is 500 g/mol. The molecule has 0 radical (unpaired) electrons. The minimum atomic E-state index is -0.732. The Balaban J connectivity index is 1.80. The first-order valence-corrected chi connectivity index (χ1v) is 12.5. The highest BCUT2D eigenvalue weighted by molar-refractivity contribution is 7.07. The number of ether oxygens (including phenoxy) is 2. The second-order valence-corrected chi connectivity index (χ2v) is 8.96. The number of fused-ring (bicyclic) bond motifs is 1. The zero-order valence-electron chi connectivity index (χ0n) is 19.8. The molecule has 4 aromatic rings. The molecule has 7 nitrogen and oxygen atoms in total. The number of furan rings is 1. The molecule has 0 aliphatic carbocycles. The number of benzene rings is 2. The molecule has 0 N–H and O–H groups in total. The second-order valence-electron chi connectivity index (χ2n) is 7.95. The first-order chi connectivity index (χ1) is 17.6. The molecule has 0 saturated carbocycles. The van der Waals surface area contributed by atoms with Crippen LogP contribution in [0.25, 0.3) is 11.8 Å². The lowest BCUT2D eigenvalue weighted by atomic mass is 9.93. The molecule has 5 rings (SSSR count). The number of aromatic nitrogens is 1. The molecule has 0 amide bonds. The normalized spacial score (nSPS) is 15.4. The Kier molecular flexibility index (Phi) is 6.69. The van der Waals surface area contributed by atoms with Crippen LogP contribution in [0.15, 0.2) is 92.8 Å². The van der Waals surface area contributed by atoms with E-state index < -0.39 is 12.0 Å². The van der Waals surface area contributed by atoms with Gasteiger partial charge in [-0.05, 0) is 43.7 Å². The third-order valence-corrected chi connectivity index (χ3v) is 6.68. The maximum atomic E-state index is 13.7. The molecule has 0 bridgehead atoms. The average Bonchev–Trinajstić information content (AvgIpc) is 3.52. The lowest BCUT2D eigenvalue weighted by Gasteiger charge is -2.26. The summed E-state index contributed by atoms with van der Waals surface area (Å²) in [7, 11) is 0. The van der Waals surface area contributed by atoms with Crippen molar-refractivity contribution < 1.29 is 18.7 Å². The number of hydrogen-bond acceptors (Lipinski definition) is 7. The highest BCUT2D eigenvalue weighted by Crippen LogP contribution is 2.35. The Morgan fingerprint density at radius 1 is 1.06 bits per heavy atom. The topological polar surface area (TPSA) is 83.0 Å². The van der Waals surface area contributed by atoms with Crippen LogP contribution in [0.5, 0.6) is 5.75 Å². The van der Waals surface area contributed by atoms with Crippen molar-refractivity contribution in [1.29, 1.82) is 0 Å². The van der Waals surface area contributed by atoms with E-state index in [1.165, 1.54) is 11.3 Å². The smallest absolute Gasteiger partial charge is 0.338 e. The molecule has 1 aliphatic rings. The zero-order chi connectivity index (χ0) is 25.1.